The normalized spacial score (nSPS) is 13.3. The van der Waals surface area contributed by atoms with Crippen LogP contribution in [0.2, 0.25) is 0 Å². The van der Waals surface area contributed by atoms with E-state index in [0.29, 0.717) is 0 Å². The molecule has 0 heterocycles. The van der Waals surface area contributed by atoms with Crippen molar-refractivity contribution in [3.05, 3.63) is 35.1 Å². The van der Waals surface area contributed by atoms with Crippen molar-refractivity contribution in [3.8, 4) is 0 Å². The van der Waals surface area contributed by atoms with E-state index in [2.05, 4.69) is 0 Å². The van der Waals surface area contributed by atoms with E-state index in [1.54, 1.807) is 0 Å². The minimum absolute atomic E-state index is 0. The minimum Gasteiger partial charge on any atom is -0.324 e. The molecule has 0 radical (unpaired) electrons. The van der Waals surface area contributed by atoms with Gasteiger partial charge in [-0.25, -0.2) is 13.2 Å². The fourth-order valence-electron chi connectivity index (χ4n) is 1.42. The Morgan fingerprint density at radius 2 is 1.72 bits per heavy atom. The van der Waals surface area contributed by atoms with E-state index in [1.807, 2.05) is 0 Å². The number of halogens is 7. The summed E-state index contributed by atoms with van der Waals surface area (Å²) in [6, 6.07) is 0.314. The Kier molecular flexibility index (Phi) is 5.95. The van der Waals surface area contributed by atoms with Crippen LogP contribution in [0.3, 0.4) is 0 Å². The lowest BCUT2D eigenvalue weighted by atomic mass is 9.98. The Labute approximate surface area is 105 Å². The summed E-state index contributed by atoms with van der Waals surface area (Å²) in [4.78, 5) is 0. The van der Waals surface area contributed by atoms with E-state index < -0.39 is 42.0 Å². The molecule has 1 nitrogen and oxygen atoms in total. The molecule has 0 aromatic heterocycles. The van der Waals surface area contributed by atoms with E-state index in [0.717, 1.165) is 12.1 Å². The van der Waals surface area contributed by atoms with Gasteiger partial charge in [0.05, 0.1) is 5.56 Å². The Morgan fingerprint density at radius 1 is 1.17 bits per heavy atom. The van der Waals surface area contributed by atoms with Crippen molar-refractivity contribution in [1.82, 2.24) is 0 Å². The van der Waals surface area contributed by atoms with Crippen LogP contribution >= 0.6 is 12.4 Å². The summed E-state index contributed by atoms with van der Waals surface area (Å²) < 4.78 is 74.3. The molecule has 0 spiro atoms. The fraction of sp³-hybridized carbons (Fsp3) is 0.400. The molecule has 0 fully saturated rings. The van der Waals surface area contributed by atoms with Crippen LogP contribution in [0.5, 0.6) is 0 Å². The fourth-order valence-corrected chi connectivity index (χ4v) is 1.42. The first kappa shape index (κ1) is 17.1. The molecule has 2 N–H and O–H groups in total. The zero-order valence-corrected chi connectivity index (χ0v) is 9.66. The maximum absolute atomic E-state index is 12.7. The smallest absolute Gasteiger partial charge is 0.324 e. The predicted molar refractivity (Wildman–Crippen MR) is 56.2 cm³/mol. The second-order valence-corrected chi connectivity index (χ2v) is 3.46. The highest BCUT2D eigenvalue weighted by molar-refractivity contribution is 5.85. The number of alkyl halides is 5. The van der Waals surface area contributed by atoms with Crippen LogP contribution in [0.4, 0.5) is 26.3 Å². The van der Waals surface area contributed by atoms with Gasteiger partial charge in [-0.2, -0.15) is 13.2 Å². The third-order valence-corrected chi connectivity index (χ3v) is 2.15. The average molecular weight is 294 g/mol. The van der Waals surface area contributed by atoms with Gasteiger partial charge < -0.3 is 5.73 Å². The van der Waals surface area contributed by atoms with Crippen molar-refractivity contribution in [2.45, 2.75) is 25.1 Å². The van der Waals surface area contributed by atoms with Crippen molar-refractivity contribution in [1.29, 1.82) is 0 Å². The first-order valence-corrected chi connectivity index (χ1v) is 4.62. The van der Waals surface area contributed by atoms with E-state index in [9.17, 15) is 26.3 Å². The van der Waals surface area contributed by atoms with Gasteiger partial charge in [-0.05, 0) is 17.7 Å². The zero-order valence-electron chi connectivity index (χ0n) is 8.85. The molecular weight excluding hydrogens is 284 g/mol. The highest BCUT2D eigenvalue weighted by atomic mass is 35.5. The molecule has 0 aliphatic heterocycles. The topological polar surface area (TPSA) is 26.0 Å². The van der Waals surface area contributed by atoms with E-state index in [-0.39, 0.29) is 18.5 Å². The summed E-state index contributed by atoms with van der Waals surface area (Å²) in [6.45, 7) is 0. The monoisotopic (exact) mass is 293 g/mol. The number of benzene rings is 1. The number of hydrogen-bond acceptors (Lipinski definition) is 1. The molecule has 104 valence electrons. The maximum Gasteiger partial charge on any atom is 0.416 e. The predicted octanol–water partition coefficient (Wildman–Crippen LogP) is 3.92. The molecule has 0 aliphatic carbocycles. The van der Waals surface area contributed by atoms with Crippen molar-refractivity contribution >= 4 is 12.4 Å². The van der Waals surface area contributed by atoms with Crippen molar-refractivity contribution < 1.29 is 26.3 Å². The SMILES string of the molecule is Cl.N[C@@H](CC(F)F)c1ccc(F)cc1C(F)(F)F. The first-order valence-electron chi connectivity index (χ1n) is 4.62. The Bertz CT molecular complexity index is 392. The molecule has 0 amide bonds. The van der Waals surface area contributed by atoms with Gasteiger partial charge >= 0.3 is 6.18 Å². The van der Waals surface area contributed by atoms with Crippen LogP contribution in [0.1, 0.15) is 23.6 Å². The van der Waals surface area contributed by atoms with Crippen molar-refractivity contribution in [3.63, 3.8) is 0 Å². The molecule has 0 aliphatic rings. The van der Waals surface area contributed by atoms with E-state index in [1.165, 1.54) is 0 Å². The molecular formula is C10H10ClF6N. The standard InChI is InChI=1S/C10H9F6N.ClH/c11-5-1-2-6(8(17)4-9(12)13)7(3-5)10(14,15)16;/h1-3,8-9H,4,17H2;1H/t8-;/m0./s1. The largest absolute Gasteiger partial charge is 0.416 e. The maximum atomic E-state index is 12.7. The highest BCUT2D eigenvalue weighted by Gasteiger charge is 2.35. The Hall–Kier alpha value is -0.950. The van der Waals surface area contributed by atoms with Gasteiger partial charge in [0.25, 0.3) is 0 Å². The van der Waals surface area contributed by atoms with Crippen LogP contribution in [0.15, 0.2) is 18.2 Å². The van der Waals surface area contributed by atoms with Gasteiger partial charge in [-0.3, -0.25) is 0 Å². The first-order chi connectivity index (χ1) is 7.71. The lowest BCUT2D eigenvalue weighted by Gasteiger charge is -2.18. The summed E-state index contributed by atoms with van der Waals surface area (Å²) in [5, 5.41) is 0. The quantitative estimate of drug-likeness (QED) is 0.840. The lowest BCUT2D eigenvalue weighted by molar-refractivity contribution is -0.138. The van der Waals surface area contributed by atoms with Crippen LogP contribution in [-0.4, -0.2) is 6.43 Å². The van der Waals surface area contributed by atoms with Crippen molar-refractivity contribution in [2.75, 3.05) is 0 Å². The molecule has 0 bridgehead atoms. The Morgan fingerprint density at radius 3 is 2.17 bits per heavy atom. The minimum atomic E-state index is -4.82. The van der Waals surface area contributed by atoms with Crippen LogP contribution < -0.4 is 5.73 Å². The highest BCUT2D eigenvalue weighted by Crippen LogP contribution is 2.35. The van der Waals surface area contributed by atoms with Gasteiger partial charge in [0.1, 0.15) is 5.82 Å². The van der Waals surface area contributed by atoms with Crippen LogP contribution in [-0.2, 0) is 6.18 Å². The summed E-state index contributed by atoms with van der Waals surface area (Å²) in [7, 11) is 0. The van der Waals surface area contributed by atoms with E-state index >= 15 is 0 Å². The molecule has 8 heteroatoms. The van der Waals surface area contributed by atoms with Gasteiger partial charge in [0.2, 0.25) is 6.43 Å². The summed E-state index contributed by atoms with van der Waals surface area (Å²) >= 11 is 0. The molecule has 0 saturated carbocycles. The molecule has 1 rings (SSSR count). The van der Waals surface area contributed by atoms with Crippen molar-refractivity contribution in [2.24, 2.45) is 5.73 Å². The molecule has 1 aromatic carbocycles. The zero-order chi connectivity index (χ0) is 13.2. The molecule has 1 aromatic rings. The van der Waals surface area contributed by atoms with E-state index in [4.69, 9.17) is 5.73 Å². The lowest BCUT2D eigenvalue weighted by Crippen LogP contribution is -2.19. The third kappa shape index (κ3) is 4.38. The molecule has 18 heavy (non-hydrogen) atoms. The van der Waals surface area contributed by atoms with Gasteiger partial charge in [0.15, 0.2) is 0 Å². The second-order valence-electron chi connectivity index (χ2n) is 3.46. The number of nitrogens with two attached hydrogens (primary N) is 1. The Balaban J connectivity index is 0.00000289. The summed E-state index contributed by atoms with van der Waals surface area (Å²) in [6.07, 6.45) is -8.55. The molecule has 1 atom stereocenters. The second kappa shape index (κ2) is 6.29. The number of hydrogen-bond donors (Lipinski definition) is 1. The molecule has 0 saturated heterocycles. The molecule has 0 unspecified atom stereocenters. The summed E-state index contributed by atoms with van der Waals surface area (Å²) in [5.41, 5.74) is 3.40. The third-order valence-electron chi connectivity index (χ3n) is 2.15. The number of rotatable bonds is 3. The van der Waals surface area contributed by atoms with Gasteiger partial charge in [-0.1, -0.05) is 6.07 Å². The van der Waals surface area contributed by atoms with Crippen LogP contribution in [0, 0.1) is 5.82 Å². The summed E-state index contributed by atoms with van der Waals surface area (Å²) in [5.74, 6) is -1.09. The van der Waals surface area contributed by atoms with Crippen LogP contribution in [0.25, 0.3) is 0 Å². The average Bonchev–Trinajstić information content (AvgIpc) is 2.14. The van der Waals surface area contributed by atoms with Gasteiger partial charge in [0, 0.05) is 12.5 Å². The van der Waals surface area contributed by atoms with Gasteiger partial charge in [-0.15, -0.1) is 12.4 Å².